The first kappa shape index (κ1) is 25.1. The number of nitrogens with two attached hydrogens (primary N) is 1. The molecule has 194 valence electrons. The van der Waals surface area contributed by atoms with Gasteiger partial charge in [-0.15, -0.1) is 6.58 Å². The highest BCUT2D eigenvalue weighted by Gasteiger charge is 2.31. The minimum absolute atomic E-state index is 0.0268. The van der Waals surface area contributed by atoms with Crippen molar-refractivity contribution in [1.29, 1.82) is 0 Å². The van der Waals surface area contributed by atoms with E-state index in [-0.39, 0.29) is 11.7 Å². The van der Waals surface area contributed by atoms with Gasteiger partial charge in [0.25, 0.3) is 10.0 Å². The fourth-order valence-corrected chi connectivity index (χ4v) is 5.52. The number of hydrogen-bond acceptors (Lipinski definition) is 6. The number of carbonyl (C=O) groups is 2. The molecule has 5 rings (SSSR count). The topological polar surface area (TPSA) is 130 Å². The Bertz CT molecular complexity index is 1690. The third kappa shape index (κ3) is 4.61. The molecule has 0 fully saturated rings. The zero-order valence-electron chi connectivity index (χ0n) is 20.5. The number of primary amides is 1. The van der Waals surface area contributed by atoms with Crippen LogP contribution < -0.4 is 19.9 Å². The zero-order valence-corrected chi connectivity index (χ0v) is 21.3. The summed E-state index contributed by atoms with van der Waals surface area (Å²) in [5, 5.41) is 0.655. The fourth-order valence-electron chi connectivity index (χ4n) is 4.53. The van der Waals surface area contributed by atoms with E-state index in [2.05, 4.69) is 11.3 Å². The molecule has 4 aromatic rings. The minimum atomic E-state index is -4.16. The molecule has 1 atom stereocenters. The molecule has 0 saturated carbocycles. The van der Waals surface area contributed by atoms with Crippen molar-refractivity contribution in [3.05, 3.63) is 102 Å². The number of aryl methyl sites for hydroxylation is 1. The van der Waals surface area contributed by atoms with Gasteiger partial charge in [0.2, 0.25) is 18.6 Å². The van der Waals surface area contributed by atoms with Crippen LogP contribution >= 0.6 is 0 Å². The Labute approximate surface area is 219 Å². The van der Waals surface area contributed by atoms with Crippen LogP contribution in [-0.4, -0.2) is 31.6 Å². The summed E-state index contributed by atoms with van der Waals surface area (Å²) in [4.78, 5) is 25.6. The number of nitrogens with one attached hydrogen (secondary N) is 1. The van der Waals surface area contributed by atoms with Crippen molar-refractivity contribution in [1.82, 2.24) is 9.29 Å². The minimum Gasteiger partial charge on any atom is -0.454 e. The Balaban J connectivity index is 1.66. The number of allylic oxidation sites excluding steroid dienone is 1. The summed E-state index contributed by atoms with van der Waals surface area (Å²) < 4.78 is 41.3. The summed E-state index contributed by atoms with van der Waals surface area (Å²) in [7, 11) is -4.16. The van der Waals surface area contributed by atoms with Crippen LogP contribution in [0.25, 0.3) is 10.9 Å². The van der Waals surface area contributed by atoms with Gasteiger partial charge in [0, 0.05) is 29.2 Å². The predicted octanol–water partition coefficient (Wildman–Crippen LogP) is 3.60. The maximum Gasteiger partial charge on any atom is 0.264 e. The first-order valence-electron chi connectivity index (χ1n) is 11.7. The van der Waals surface area contributed by atoms with Crippen molar-refractivity contribution in [3.8, 4) is 11.5 Å². The average Bonchev–Trinajstić information content (AvgIpc) is 3.49. The van der Waals surface area contributed by atoms with Gasteiger partial charge in [-0.05, 0) is 54.4 Å². The van der Waals surface area contributed by atoms with Crippen molar-refractivity contribution in [2.45, 2.75) is 24.3 Å². The van der Waals surface area contributed by atoms with Crippen molar-refractivity contribution >= 4 is 32.7 Å². The van der Waals surface area contributed by atoms with Crippen molar-refractivity contribution in [3.63, 3.8) is 0 Å². The highest BCUT2D eigenvalue weighted by atomic mass is 32.2. The lowest BCUT2D eigenvalue weighted by molar-refractivity contribution is -0.119. The Morgan fingerprint density at radius 2 is 1.82 bits per heavy atom. The molecule has 38 heavy (non-hydrogen) atoms. The summed E-state index contributed by atoms with van der Waals surface area (Å²) in [6.45, 7) is 6.07. The zero-order chi connectivity index (χ0) is 27.0. The van der Waals surface area contributed by atoms with E-state index < -0.39 is 27.8 Å². The van der Waals surface area contributed by atoms with E-state index >= 15 is 0 Å². The van der Waals surface area contributed by atoms with E-state index in [1.807, 2.05) is 11.5 Å². The largest absolute Gasteiger partial charge is 0.454 e. The van der Waals surface area contributed by atoms with Gasteiger partial charge in [-0.3, -0.25) is 9.59 Å². The summed E-state index contributed by atoms with van der Waals surface area (Å²) in [6.07, 6.45) is 3.43. The van der Waals surface area contributed by atoms with E-state index in [0.717, 1.165) is 5.56 Å². The van der Waals surface area contributed by atoms with E-state index in [1.54, 1.807) is 60.8 Å². The number of amides is 2. The number of fused-ring (bicyclic) bond motifs is 2. The molecule has 1 aliphatic rings. The Hall–Kier alpha value is -4.57. The lowest BCUT2D eigenvalue weighted by Gasteiger charge is -2.18. The summed E-state index contributed by atoms with van der Waals surface area (Å²) in [6, 6.07) is 16.2. The third-order valence-corrected chi connectivity index (χ3v) is 7.76. The highest BCUT2D eigenvalue weighted by molar-refractivity contribution is 7.90. The second-order valence-electron chi connectivity index (χ2n) is 8.95. The summed E-state index contributed by atoms with van der Waals surface area (Å²) in [5.74, 6) is -1.40. The standard InChI is InChI=1S/C28H25N3O6S/c1-3-12-31-15-22(21-10-6-19(27(29)32)13-23(21)31)26(18-7-11-24-25(14-18)37-16-36-24)28(33)30-38(34,35)20-8-4-17(2)5-9-20/h3-11,13-15,26H,1,12,16H2,2H3,(H2,29,32)(H,30,33). The van der Waals surface area contributed by atoms with Crippen LogP contribution in [0.5, 0.6) is 11.5 Å². The second-order valence-corrected chi connectivity index (χ2v) is 10.6. The van der Waals surface area contributed by atoms with Crippen molar-refractivity contribution < 1.29 is 27.5 Å². The number of benzene rings is 3. The molecule has 0 saturated heterocycles. The van der Waals surface area contributed by atoms with Gasteiger partial charge in [-0.25, -0.2) is 13.1 Å². The number of ether oxygens (including phenoxy) is 2. The number of nitrogens with zero attached hydrogens (tertiary/aromatic N) is 1. The van der Waals surface area contributed by atoms with Crippen molar-refractivity contribution in [2.24, 2.45) is 5.73 Å². The SMILES string of the molecule is C=CCn1cc(C(C(=O)NS(=O)(=O)c2ccc(C)cc2)c2ccc3c(c2)OCO3)c2ccc(C(N)=O)cc21. The van der Waals surface area contributed by atoms with Crippen LogP contribution in [0, 0.1) is 6.92 Å². The molecule has 1 aromatic heterocycles. The normalized spacial score (nSPS) is 13.3. The third-order valence-electron chi connectivity index (χ3n) is 6.39. The number of hydrogen-bond donors (Lipinski definition) is 2. The second kappa shape index (κ2) is 9.71. The molecule has 9 nitrogen and oxygen atoms in total. The van der Waals surface area contributed by atoms with Gasteiger partial charge in [-0.1, -0.05) is 35.9 Å². The first-order chi connectivity index (χ1) is 18.2. The highest BCUT2D eigenvalue weighted by Crippen LogP contribution is 2.39. The Kier molecular flexibility index (Phi) is 6.41. The van der Waals surface area contributed by atoms with Gasteiger partial charge in [0.15, 0.2) is 11.5 Å². The summed E-state index contributed by atoms with van der Waals surface area (Å²) >= 11 is 0. The van der Waals surface area contributed by atoms with Gasteiger partial charge in [-0.2, -0.15) is 0 Å². The molecule has 3 aromatic carbocycles. The maximum atomic E-state index is 13.8. The number of aromatic nitrogens is 1. The maximum absolute atomic E-state index is 13.8. The predicted molar refractivity (Wildman–Crippen MR) is 142 cm³/mol. The molecule has 0 radical (unpaired) electrons. The molecular formula is C28H25N3O6S. The summed E-state index contributed by atoms with van der Waals surface area (Å²) in [5.41, 5.74) is 8.37. The Morgan fingerprint density at radius 1 is 1.08 bits per heavy atom. The lowest BCUT2D eigenvalue weighted by Crippen LogP contribution is -2.35. The number of sulfonamides is 1. The lowest BCUT2D eigenvalue weighted by atomic mass is 9.90. The molecule has 10 heteroatoms. The van der Waals surface area contributed by atoms with Crippen LogP contribution in [0.3, 0.4) is 0 Å². The molecule has 2 amide bonds. The van der Waals surface area contributed by atoms with E-state index in [0.29, 0.717) is 45.6 Å². The molecule has 3 N–H and O–H groups in total. The van der Waals surface area contributed by atoms with Crippen LogP contribution in [0.4, 0.5) is 0 Å². The van der Waals surface area contributed by atoms with Crippen LogP contribution in [0.15, 0.2) is 84.4 Å². The van der Waals surface area contributed by atoms with Gasteiger partial charge >= 0.3 is 0 Å². The van der Waals surface area contributed by atoms with Gasteiger partial charge in [0.05, 0.1) is 10.8 Å². The van der Waals surface area contributed by atoms with Gasteiger partial charge in [0.1, 0.15) is 0 Å². The average molecular weight is 532 g/mol. The number of carbonyl (C=O) groups excluding carboxylic acids is 2. The quantitative estimate of drug-likeness (QED) is 0.334. The number of rotatable bonds is 8. The fraction of sp³-hybridized carbons (Fsp3) is 0.143. The molecule has 2 heterocycles. The molecule has 0 bridgehead atoms. The van der Waals surface area contributed by atoms with Crippen LogP contribution in [0.2, 0.25) is 0 Å². The first-order valence-corrected chi connectivity index (χ1v) is 13.2. The monoisotopic (exact) mass is 531 g/mol. The van der Waals surface area contributed by atoms with E-state index in [1.165, 1.54) is 12.1 Å². The molecule has 0 spiro atoms. The molecule has 0 aliphatic carbocycles. The van der Waals surface area contributed by atoms with Crippen LogP contribution in [-0.2, 0) is 21.4 Å². The van der Waals surface area contributed by atoms with E-state index in [9.17, 15) is 18.0 Å². The molecule has 1 unspecified atom stereocenters. The van der Waals surface area contributed by atoms with Gasteiger partial charge < -0.3 is 19.8 Å². The van der Waals surface area contributed by atoms with E-state index in [4.69, 9.17) is 15.2 Å². The van der Waals surface area contributed by atoms with Crippen molar-refractivity contribution in [2.75, 3.05) is 6.79 Å². The smallest absolute Gasteiger partial charge is 0.264 e. The Morgan fingerprint density at radius 3 is 2.53 bits per heavy atom. The van der Waals surface area contributed by atoms with Crippen LogP contribution in [0.1, 0.15) is 33.0 Å². The molecule has 1 aliphatic heterocycles. The molecular weight excluding hydrogens is 506 g/mol.